The molecule has 3 N–H and O–H groups in total. The van der Waals surface area contributed by atoms with Crippen LogP contribution in [0.5, 0.6) is 5.75 Å². The van der Waals surface area contributed by atoms with E-state index in [1.807, 2.05) is 38.4 Å². The number of aromatic nitrogens is 1. The summed E-state index contributed by atoms with van der Waals surface area (Å²) in [5.74, 6) is 1.27. The molecule has 1 radical (unpaired) electrons. The summed E-state index contributed by atoms with van der Waals surface area (Å²) in [7, 11) is 4.04. The number of anilines is 3. The molecule has 5 nitrogen and oxygen atoms in total. The number of nitrogens with two attached hydrogens (primary N) is 1. The van der Waals surface area contributed by atoms with Crippen LogP contribution in [0.15, 0.2) is 24.3 Å². The summed E-state index contributed by atoms with van der Waals surface area (Å²) >= 11 is 1.36. The average molecular weight is 277 g/mol. The van der Waals surface area contributed by atoms with Gasteiger partial charge in [-0.15, -0.1) is 0 Å². The molecule has 19 heavy (non-hydrogen) atoms. The van der Waals surface area contributed by atoms with Crippen molar-refractivity contribution in [2.24, 2.45) is 0 Å². The van der Waals surface area contributed by atoms with Crippen LogP contribution in [-0.2, 0) is 0 Å². The third-order valence-electron chi connectivity index (χ3n) is 2.39. The number of thiazole rings is 1. The molecule has 0 aliphatic heterocycles. The van der Waals surface area contributed by atoms with Gasteiger partial charge < -0.3 is 20.7 Å². The molecule has 2 rings (SSSR count). The van der Waals surface area contributed by atoms with Crippen molar-refractivity contribution in [1.29, 1.82) is 0 Å². The first kappa shape index (κ1) is 13.6. The van der Waals surface area contributed by atoms with Crippen LogP contribution in [0.3, 0.4) is 0 Å². The molecule has 101 valence electrons. The fourth-order valence-corrected chi connectivity index (χ4v) is 1.97. The van der Waals surface area contributed by atoms with Crippen molar-refractivity contribution < 1.29 is 4.74 Å². The van der Waals surface area contributed by atoms with E-state index < -0.39 is 0 Å². The van der Waals surface area contributed by atoms with E-state index in [0.29, 0.717) is 12.4 Å². The number of likely N-dealkylation sites (N-methyl/N-ethyl adjacent to an activating group) is 1. The Morgan fingerprint density at radius 3 is 2.68 bits per heavy atom. The number of hydrogen-bond donors (Lipinski definition) is 2. The highest BCUT2D eigenvalue weighted by Crippen LogP contribution is 2.23. The maximum Gasteiger partial charge on any atom is 0.189 e. The topological polar surface area (TPSA) is 63.4 Å². The van der Waals surface area contributed by atoms with Gasteiger partial charge in [0.2, 0.25) is 0 Å². The number of ether oxygens (including phenoxy) is 1. The molecular weight excluding hydrogens is 260 g/mol. The Morgan fingerprint density at radius 1 is 1.37 bits per heavy atom. The van der Waals surface area contributed by atoms with Crippen molar-refractivity contribution in [3.8, 4) is 5.75 Å². The molecule has 0 spiro atoms. The van der Waals surface area contributed by atoms with Gasteiger partial charge in [-0.05, 0) is 38.4 Å². The first-order chi connectivity index (χ1) is 9.13. The highest BCUT2D eigenvalue weighted by molar-refractivity contribution is 7.13. The van der Waals surface area contributed by atoms with Crippen LogP contribution >= 0.6 is 11.3 Å². The van der Waals surface area contributed by atoms with Crippen LogP contribution in [0.2, 0.25) is 0 Å². The van der Waals surface area contributed by atoms with Gasteiger partial charge in [-0.25, -0.2) is 4.98 Å². The largest absolute Gasteiger partial charge is 0.492 e. The molecule has 1 aromatic heterocycles. The zero-order chi connectivity index (χ0) is 13.7. The van der Waals surface area contributed by atoms with E-state index in [4.69, 9.17) is 10.5 Å². The number of nitrogens with one attached hydrogen (secondary N) is 1. The van der Waals surface area contributed by atoms with E-state index in [2.05, 4.69) is 20.6 Å². The van der Waals surface area contributed by atoms with Crippen LogP contribution in [0.25, 0.3) is 0 Å². The molecule has 0 saturated heterocycles. The SMILES string of the molecule is CN(C)CCOc1ccc(Nc2nc(N)[c]s2)cc1. The van der Waals surface area contributed by atoms with E-state index in [1.54, 1.807) is 0 Å². The zero-order valence-corrected chi connectivity index (χ0v) is 11.8. The van der Waals surface area contributed by atoms with Gasteiger partial charge in [0.15, 0.2) is 5.13 Å². The van der Waals surface area contributed by atoms with Gasteiger partial charge in [0.25, 0.3) is 0 Å². The molecular formula is C13H17N4OS. The third-order valence-corrected chi connectivity index (χ3v) is 3.08. The Hall–Kier alpha value is -1.79. The molecule has 1 heterocycles. The standard InChI is InChI=1S/C13H17N4OS/c1-17(2)7-8-18-11-5-3-10(4-6-11)15-13-16-12(14)9-19-13/h3-6H,7-8,14H2,1-2H3,(H,15,16). The zero-order valence-electron chi connectivity index (χ0n) is 11.0. The van der Waals surface area contributed by atoms with Crippen LogP contribution in [0, 0.1) is 5.38 Å². The van der Waals surface area contributed by atoms with Crippen molar-refractivity contribution in [3.05, 3.63) is 29.6 Å². The van der Waals surface area contributed by atoms with Crippen molar-refractivity contribution in [2.75, 3.05) is 38.3 Å². The first-order valence-corrected chi connectivity index (χ1v) is 6.74. The van der Waals surface area contributed by atoms with Crippen molar-refractivity contribution in [3.63, 3.8) is 0 Å². The summed E-state index contributed by atoms with van der Waals surface area (Å²) < 4.78 is 5.62. The second-order valence-electron chi connectivity index (χ2n) is 4.31. The molecule has 2 aromatic rings. The van der Waals surface area contributed by atoms with Gasteiger partial charge in [0.05, 0.1) is 5.38 Å². The van der Waals surface area contributed by atoms with E-state index >= 15 is 0 Å². The van der Waals surface area contributed by atoms with Crippen LogP contribution in [0.1, 0.15) is 0 Å². The lowest BCUT2D eigenvalue weighted by atomic mass is 10.3. The van der Waals surface area contributed by atoms with Crippen molar-refractivity contribution in [1.82, 2.24) is 9.88 Å². The van der Waals surface area contributed by atoms with Gasteiger partial charge in [-0.2, -0.15) is 0 Å². The Labute approximate surface area is 117 Å². The van der Waals surface area contributed by atoms with Crippen molar-refractivity contribution in [2.45, 2.75) is 0 Å². The highest BCUT2D eigenvalue weighted by atomic mass is 32.1. The Morgan fingerprint density at radius 2 is 2.11 bits per heavy atom. The van der Waals surface area contributed by atoms with Gasteiger partial charge in [-0.3, -0.25) is 0 Å². The maximum atomic E-state index is 5.62. The number of rotatable bonds is 6. The minimum atomic E-state index is 0.413. The molecule has 0 saturated carbocycles. The Bertz CT molecular complexity index is 510. The quantitative estimate of drug-likeness (QED) is 0.847. The summed E-state index contributed by atoms with van der Waals surface area (Å²) in [5, 5.41) is 6.75. The lowest BCUT2D eigenvalue weighted by molar-refractivity contribution is 0.261. The predicted molar refractivity (Wildman–Crippen MR) is 79.1 cm³/mol. The minimum absolute atomic E-state index is 0.413. The first-order valence-electron chi connectivity index (χ1n) is 5.92. The van der Waals surface area contributed by atoms with Gasteiger partial charge >= 0.3 is 0 Å². The molecule has 0 aliphatic rings. The molecule has 1 aromatic carbocycles. The second-order valence-corrected chi connectivity index (χ2v) is 5.10. The normalized spacial score (nSPS) is 10.7. The lowest BCUT2D eigenvalue weighted by Gasteiger charge is -2.11. The fraction of sp³-hybridized carbons (Fsp3) is 0.308. The van der Waals surface area contributed by atoms with E-state index in [9.17, 15) is 0 Å². The smallest absolute Gasteiger partial charge is 0.189 e. The third kappa shape index (κ3) is 4.42. The average Bonchev–Trinajstić information content (AvgIpc) is 2.77. The minimum Gasteiger partial charge on any atom is -0.492 e. The van der Waals surface area contributed by atoms with Gasteiger partial charge in [-0.1, -0.05) is 11.3 Å². The summed E-state index contributed by atoms with van der Waals surface area (Å²) in [6.45, 7) is 1.58. The van der Waals surface area contributed by atoms with E-state index in [-0.39, 0.29) is 0 Å². The van der Waals surface area contributed by atoms with Crippen LogP contribution in [0.4, 0.5) is 16.6 Å². The Balaban J connectivity index is 1.87. The fourth-order valence-electron chi connectivity index (χ4n) is 1.41. The molecule has 0 fully saturated rings. The second kappa shape index (κ2) is 6.40. The summed E-state index contributed by atoms with van der Waals surface area (Å²) in [5.41, 5.74) is 6.46. The highest BCUT2D eigenvalue weighted by Gasteiger charge is 2.01. The molecule has 0 unspecified atom stereocenters. The van der Waals surface area contributed by atoms with Crippen LogP contribution < -0.4 is 15.8 Å². The maximum absolute atomic E-state index is 5.62. The van der Waals surface area contributed by atoms with Crippen LogP contribution in [-0.4, -0.2) is 37.1 Å². The summed E-state index contributed by atoms with van der Waals surface area (Å²) in [4.78, 5) is 6.17. The summed E-state index contributed by atoms with van der Waals surface area (Å²) in [6, 6.07) is 7.75. The van der Waals surface area contributed by atoms with E-state index in [0.717, 1.165) is 23.1 Å². The number of nitrogen functional groups attached to an aromatic ring is 1. The number of hydrogen-bond acceptors (Lipinski definition) is 6. The summed E-state index contributed by atoms with van der Waals surface area (Å²) in [6.07, 6.45) is 0. The molecule has 0 atom stereocenters. The molecule has 0 bridgehead atoms. The molecule has 0 amide bonds. The van der Waals surface area contributed by atoms with Gasteiger partial charge in [0.1, 0.15) is 18.2 Å². The number of benzene rings is 1. The molecule has 0 aliphatic carbocycles. The monoisotopic (exact) mass is 277 g/mol. The van der Waals surface area contributed by atoms with Crippen molar-refractivity contribution >= 4 is 28.0 Å². The lowest BCUT2D eigenvalue weighted by Crippen LogP contribution is -2.19. The molecule has 6 heteroatoms. The number of nitrogens with zero attached hydrogens (tertiary/aromatic N) is 2. The predicted octanol–water partition coefficient (Wildman–Crippen LogP) is 2.21. The Kier molecular flexibility index (Phi) is 4.59. The van der Waals surface area contributed by atoms with E-state index in [1.165, 1.54) is 11.3 Å². The van der Waals surface area contributed by atoms with Gasteiger partial charge in [0, 0.05) is 12.2 Å².